The van der Waals surface area contributed by atoms with Gasteiger partial charge in [-0.1, -0.05) is 6.07 Å². The number of carbonyl (C=O) groups is 1. The Morgan fingerprint density at radius 1 is 1.14 bits per heavy atom. The zero-order valence-electron chi connectivity index (χ0n) is 16.3. The van der Waals surface area contributed by atoms with Gasteiger partial charge in [-0.3, -0.25) is 4.79 Å². The van der Waals surface area contributed by atoms with E-state index in [-0.39, 0.29) is 40.7 Å². The van der Waals surface area contributed by atoms with E-state index in [1.165, 1.54) is 18.5 Å². The number of methoxy groups -OCH3 is 2. The van der Waals surface area contributed by atoms with Crippen LogP contribution in [-0.2, 0) is 14.8 Å². The number of nitrogens with zero attached hydrogens (tertiary/aromatic N) is 3. The van der Waals surface area contributed by atoms with Gasteiger partial charge in [0.1, 0.15) is 4.90 Å². The second-order valence-corrected chi connectivity index (χ2v) is 8.15. The number of aromatic nitrogens is 2. The fraction of sp³-hybridized carbons (Fsp3) is 0.444. The maximum absolute atomic E-state index is 13.1. The molecule has 152 valence electrons. The zero-order chi connectivity index (χ0) is 20.5. The summed E-state index contributed by atoms with van der Waals surface area (Å²) in [5.74, 6) is 0.163. The van der Waals surface area contributed by atoms with Crippen molar-refractivity contribution in [3.8, 4) is 11.5 Å². The molecular weight excluding hydrogens is 386 g/mol. The largest absolute Gasteiger partial charge is 0.493 e. The number of para-hydroxylation sites is 1. The summed E-state index contributed by atoms with van der Waals surface area (Å²) in [6.07, 6.45) is 0. The molecule has 2 heterocycles. The zero-order valence-corrected chi connectivity index (χ0v) is 17.1. The van der Waals surface area contributed by atoms with E-state index < -0.39 is 15.9 Å². The Bertz CT molecular complexity index is 993. The minimum atomic E-state index is -3.78. The van der Waals surface area contributed by atoms with Crippen LogP contribution in [0.3, 0.4) is 0 Å². The maximum atomic E-state index is 13.1. The lowest BCUT2D eigenvalue weighted by Gasteiger charge is -2.26. The highest BCUT2D eigenvalue weighted by Gasteiger charge is 2.33. The second-order valence-electron chi connectivity index (χ2n) is 6.27. The first-order valence-corrected chi connectivity index (χ1v) is 10.2. The monoisotopic (exact) mass is 409 g/mol. The molecule has 28 heavy (non-hydrogen) atoms. The van der Waals surface area contributed by atoms with Crippen LogP contribution in [0.4, 0.5) is 0 Å². The van der Waals surface area contributed by atoms with E-state index in [1.807, 2.05) is 0 Å². The van der Waals surface area contributed by atoms with E-state index >= 15 is 0 Å². The predicted octanol–water partition coefficient (Wildman–Crippen LogP) is 1.23. The maximum Gasteiger partial charge on any atom is 0.282 e. The van der Waals surface area contributed by atoms with E-state index in [0.717, 1.165) is 4.68 Å². The number of aryl methyl sites for hydroxylation is 1. The van der Waals surface area contributed by atoms with E-state index in [4.69, 9.17) is 14.2 Å². The molecule has 10 heteroatoms. The smallest absolute Gasteiger partial charge is 0.282 e. The van der Waals surface area contributed by atoms with Crippen molar-refractivity contribution >= 4 is 15.9 Å². The summed E-state index contributed by atoms with van der Waals surface area (Å²) in [4.78, 5) is 13.2. The van der Waals surface area contributed by atoms with Gasteiger partial charge in [-0.05, 0) is 26.0 Å². The number of ether oxygens (including phenoxy) is 3. The van der Waals surface area contributed by atoms with E-state index in [2.05, 4.69) is 5.10 Å². The highest BCUT2D eigenvalue weighted by molar-refractivity contribution is 7.89. The van der Waals surface area contributed by atoms with Gasteiger partial charge in [0.15, 0.2) is 11.5 Å². The molecule has 1 fully saturated rings. The number of rotatable bonds is 5. The van der Waals surface area contributed by atoms with E-state index in [9.17, 15) is 13.2 Å². The molecule has 9 nitrogen and oxygen atoms in total. The Balaban J connectivity index is 2.06. The van der Waals surface area contributed by atoms with Crippen LogP contribution in [0.15, 0.2) is 23.1 Å². The van der Waals surface area contributed by atoms with E-state index in [0.29, 0.717) is 19.0 Å². The summed E-state index contributed by atoms with van der Waals surface area (Å²) in [6, 6.07) is 4.91. The topological polar surface area (TPSA) is 100.0 Å². The van der Waals surface area contributed by atoms with Gasteiger partial charge in [0.2, 0.25) is 10.0 Å². The lowest BCUT2D eigenvalue weighted by Crippen LogP contribution is -2.41. The number of carbonyl (C=O) groups excluding carboxylic acids is 1. The molecule has 1 aromatic heterocycles. The molecule has 0 N–H and O–H groups in total. The molecule has 0 bridgehead atoms. The summed E-state index contributed by atoms with van der Waals surface area (Å²) in [7, 11) is -0.876. The van der Waals surface area contributed by atoms with Crippen molar-refractivity contribution in [2.45, 2.75) is 18.7 Å². The molecule has 0 atom stereocenters. The van der Waals surface area contributed by atoms with Crippen LogP contribution in [-0.4, -0.2) is 68.9 Å². The Hall–Kier alpha value is -2.43. The van der Waals surface area contributed by atoms with Crippen LogP contribution >= 0.6 is 0 Å². The third-order valence-electron chi connectivity index (χ3n) is 4.62. The van der Waals surface area contributed by atoms with Gasteiger partial charge in [0.25, 0.3) is 5.91 Å². The standard InChI is InChI=1S/C18H23N3O6S/c1-12-17(28(23,24)20-8-10-27-11-9-20)13(2)21(19-12)18(22)14-6-5-7-15(25-3)16(14)26-4/h5-7H,8-11H2,1-4H3. The highest BCUT2D eigenvalue weighted by Crippen LogP contribution is 2.32. The second kappa shape index (κ2) is 7.90. The number of hydrogen-bond acceptors (Lipinski definition) is 7. The van der Waals surface area contributed by atoms with Crippen molar-refractivity contribution < 1.29 is 27.4 Å². The number of hydrogen-bond donors (Lipinski definition) is 0. The Morgan fingerprint density at radius 3 is 2.43 bits per heavy atom. The SMILES string of the molecule is COc1cccc(C(=O)n2nc(C)c(S(=O)(=O)N3CCOCC3)c2C)c1OC. The molecule has 0 amide bonds. The van der Waals surface area contributed by atoms with Gasteiger partial charge in [-0.15, -0.1) is 0 Å². The normalized spacial score (nSPS) is 15.4. The van der Waals surface area contributed by atoms with Gasteiger partial charge in [0.05, 0.1) is 44.4 Å². The Morgan fingerprint density at radius 2 is 1.82 bits per heavy atom. The van der Waals surface area contributed by atoms with E-state index in [1.54, 1.807) is 32.0 Å². The lowest BCUT2D eigenvalue weighted by atomic mass is 10.1. The summed E-state index contributed by atoms with van der Waals surface area (Å²) in [5, 5.41) is 4.21. The minimum Gasteiger partial charge on any atom is -0.493 e. The molecule has 1 aromatic carbocycles. The molecule has 0 spiro atoms. The first-order valence-electron chi connectivity index (χ1n) is 8.72. The summed E-state index contributed by atoms with van der Waals surface area (Å²) in [5.41, 5.74) is 0.737. The predicted molar refractivity (Wildman–Crippen MR) is 101 cm³/mol. The van der Waals surface area contributed by atoms with Crippen LogP contribution < -0.4 is 9.47 Å². The molecule has 2 aromatic rings. The van der Waals surface area contributed by atoms with Crippen LogP contribution in [0.1, 0.15) is 21.7 Å². The molecule has 0 saturated carbocycles. The molecule has 0 aliphatic carbocycles. The fourth-order valence-electron chi connectivity index (χ4n) is 3.29. The summed E-state index contributed by atoms with van der Waals surface area (Å²) in [6.45, 7) is 4.36. The van der Waals surface area contributed by atoms with Crippen LogP contribution in [0.25, 0.3) is 0 Å². The van der Waals surface area contributed by atoms with Crippen molar-refractivity contribution in [2.75, 3.05) is 40.5 Å². The van der Waals surface area contributed by atoms with Crippen molar-refractivity contribution in [3.63, 3.8) is 0 Å². The number of sulfonamides is 1. The molecular formula is C18H23N3O6S. The highest BCUT2D eigenvalue weighted by atomic mass is 32.2. The van der Waals surface area contributed by atoms with Gasteiger partial charge in [-0.2, -0.15) is 14.1 Å². The molecule has 0 radical (unpaired) electrons. The average Bonchev–Trinajstić information content (AvgIpc) is 3.01. The van der Waals surface area contributed by atoms with Gasteiger partial charge >= 0.3 is 0 Å². The number of benzene rings is 1. The molecule has 3 rings (SSSR count). The molecule has 1 saturated heterocycles. The van der Waals surface area contributed by atoms with Crippen molar-refractivity contribution in [1.29, 1.82) is 0 Å². The van der Waals surface area contributed by atoms with Gasteiger partial charge in [-0.25, -0.2) is 8.42 Å². The molecule has 1 aliphatic rings. The molecule has 1 aliphatic heterocycles. The lowest BCUT2D eigenvalue weighted by molar-refractivity contribution is 0.0730. The van der Waals surface area contributed by atoms with Crippen LogP contribution in [0, 0.1) is 13.8 Å². The molecule has 0 unspecified atom stereocenters. The third kappa shape index (κ3) is 3.38. The first-order chi connectivity index (χ1) is 13.3. The fourth-order valence-corrected chi connectivity index (χ4v) is 5.05. The van der Waals surface area contributed by atoms with Crippen LogP contribution in [0.5, 0.6) is 11.5 Å². The summed E-state index contributed by atoms with van der Waals surface area (Å²) >= 11 is 0. The summed E-state index contributed by atoms with van der Waals surface area (Å²) < 4.78 is 44.4. The average molecular weight is 409 g/mol. The number of morpholine rings is 1. The quantitative estimate of drug-likeness (QED) is 0.732. The first kappa shape index (κ1) is 20.3. The minimum absolute atomic E-state index is 0.0459. The van der Waals surface area contributed by atoms with Crippen LogP contribution in [0.2, 0.25) is 0 Å². The van der Waals surface area contributed by atoms with Crippen molar-refractivity contribution in [2.24, 2.45) is 0 Å². The van der Waals surface area contributed by atoms with Gasteiger partial charge < -0.3 is 14.2 Å². The third-order valence-corrected chi connectivity index (χ3v) is 6.77. The van der Waals surface area contributed by atoms with Crippen molar-refractivity contribution in [3.05, 3.63) is 35.2 Å². The Labute approximate surface area is 163 Å². The Kier molecular flexibility index (Phi) is 5.73. The van der Waals surface area contributed by atoms with Gasteiger partial charge in [0, 0.05) is 13.1 Å². The van der Waals surface area contributed by atoms with Crippen molar-refractivity contribution in [1.82, 2.24) is 14.1 Å².